The maximum absolute atomic E-state index is 11.1. The van der Waals surface area contributed by atoms with Crippen molar-refractivity contribution in [2.24, 2.45) is 0 Å². The number of hydrogen-bond donors (Lipinski definition) is 1. The molecule has 0 aliphatic carbocycles. The molecule has 2 aromatic carbocycles. The Hall–Kier alpha value is -2.05. The first-order valence-corrected chi connectivity index (χ1v) is 10.3. The molecule has 0 spiro atoms. The van der Waals surface area contributed by atoms with Crippen molar-refractivity contribution in [2.45, 2.75) is 19.4 Å². The van der Waals surface area contributed by atoms with Gasteiger partial charge in [0.25, 0.3) is 0 Å². The summed E-state index contributed by atoms with van der Waals surface area (Å²) in [6, 6.07) is 11.6. The second kappa shape index (κ2) is 7.45. The average molecular weight is 362 g/mol. The predicted octanol–water partition coefficient (Wildman–Crippen LogP) is 2.59. The van der Waals surface area contributed by atoms with Gasteiger partial charge in [0.05, 0.1) is 25.6 Å². The lowest BCUT2D eigenvalue weighted by Gasteiger charge is -2.12. The van der Waals surface area contributed by atoms with E-state index in [0.29, 0.717) is 25.4 Å². The monoisotopic (exact) mass is 362 g/mol. The van der Waals surface area contributed by atoms with E-state index < -0.39 is 9.84 Å². The van der Waals surface area contributed by atoms with Crippen LogP contribution in [0.15, 0.2) is 36.4 Å². The van der Waals surface area contributed by atoms with Crippen LogP contribution >= 0.6 is 0 Å². The van der Waals surface area contributed by atoms with Crippen molar-refractivity contribution in [3.63, 3.8) is 0 Å². The number of benzene rings is 2. The molecule has 0 radical (unpaired) electrons. The van der Waals surface area contributed by atoms with Gasteiger partial charge in [-0.2, -0.15) is 0 Å². The smallest absolute Gasteiger partial charge is 0.147 e. The first-order chi connectivity index (χ1) is 12.0. The molecule has 3 rings (SSSR count). The topological polar surface area (TPSA) is 72.8 Å². The highest BCUT2D eigenvalue weighted by Crippen LogP contribution is 2.38. The van der Waals surface area contributed by atoms with E-state index in [4.69, 9.17) is 9.47 Å². The quantitative estimate of drug-likeness (QED) is 0.800. The van der Waals surface area contributed by atoms with E-state index in [1.165, 1.54) is 11.8 Å². The third kappa shape index (κ3) is 4.52. The van der Waals surface area contributed by atoms with Crippen LogP contribution in [0.25, 0.3) is 11.1 Å². The Morgan fingerprint density at radius 2 is 2.00 bits per heavy atom. The summed E-state index contributed by atoms with van der Waals surface area (Å²) in [5.41, 5.74) is 4.11. The van der Waals surface area contributed by atoms with Crippen molar-refractivity contribution in [2.75, 3.05) is 25.2 Å². The maximum atomic E-state index is 11.1. The second-order valence-electron chi connectivity index (χ2n) is 6.24. The molecule has 0 unspecified atom stereocenters. The minimum absolute atomic E-state index is 0.00496. The molecule has 0 amide bonds. The maximum Gasteiger partial charge on any atom is 0.147 e. The lowest BCUT2D eigenvalue weighted by atomic mass is 9.96. The molecule has 0 bridgehead atoms. The number of rotatable bonds is 6. The van der Waals surface area contributed by atoms with Crippen molar-refractivity contribution in [3.05, 3.63) is 47.5 Å². The van der Waals surface area contributed by atoms with Crippen LogP contribution in [0, 0.1) is 0 Å². The van der Waals surface area contributed by atoms with E-state index in [0.717, 1.165) is 28.9 Å². The Labute approximate surface area is 148 Å². The minimum Gasteiger partial charge on any atom is -0.493 e. The lowest BCUT2D eigenvalue weighted by Crippen LogP contribution is -2.08. The third-order valence-corrected chi connectivity index (χ3v) is 5.19. The van der Waals surface area contributed by atoms with Gasteiger partial charge in [-0.1, -0.05) is 12.1 Å². The van der Waals surface area contributed by atoms with Gasteiger partial charge in [-0.25, -0.2) is 8.42 Å². The van der Waals surface area contributed by atoms with Crippen LogP contribution in [0.4, 0.5) is 0 Å². The molecule has 134 valence electrons. The Kier molecular flexibility index (Phi) is 5.30. The van der Waals surface area contributed by atoms with Crippen LogP contribution in [-0.2, 0) is 22.9 Å². The SMILES string of the molecule is CS(=O)(=O)CCCOc1ccc2c(c1)OCCc1ccc(CO)cc1-2. The van der Waals surface area contributed by atoms with Crippen LogP contribution in [0.3, 0.4) is 0 Å². The molecule has 1 N–H and O–H groups in total. The molecule has 6 heteroatoms. The molecular weight excluding hydrogens is 340 g/mol. The van der Waals surface area contributed by atoms with Gasteiger partial charge in [0.2, 0.25) is 0 Å². The van der Waals surface area contributed by atoms with E-state index in [1.54, 1.807) is 0 Å². The number of fused-ring (bicyclic) bond motifs is 3. The Morgan fingerprint density at radius 1 is 1.16 bits per heavy atom. The third-order valence-electron chi connectivity index (χ3n) is 4.16. The summed E-state index contributed by atoms with van der Waals surface area (Å²) >= 11 is 0. The first kappa shape index (κ1) is 17.8. The van der Waals surface area contributed by atoms with Gasteiger partial charge in [0.15, 0.2) is 0 Å². The van der Waals surface area contributed by atoms with E-state index in [9.17, 15) is 13.5 Å². The zero-order valence-corrected chi connectivity index (χ0v) is 15.0. The Balaban J connectivity index is 1.79. The summed E-state index contributed by atoms with van der Waals surface area (Å²) in [7, 11) is -2.96. The molecule has 2 aromatic rings. The molecular formula is C19H22O5S. The molecule has 1 aliphatic heterocycles. The van der Waals surface area contributed by atoms with Gasteiger partial charge in [0.1, 0.15) is 21.3 Å². The average Bonchev–Trinajstić information content (AvgIpc) is 2.76. The van der Waals surface area contributed by atoms with Crippen molar-refractivity contribution in [1.29, 1.82) is 0 Å². The van der Waals surface area contributed by atoms with Gasteiger partial charge in [-0.05, 0) is 41.3 Å². The van der Waals surface area contributed by atoms with Gasteiger partial charge in [-0.15, -0.1) is 0 Å². The first-order valence-electron chi connectivity index (χ1n) is 8.27. The summed E-state index contributed by atoms with van der Waals surface area (Å²) in [6.07, 6.45) is 2.49. The molecule has 1 aliphatic rings. The van der Waals surface area contributed by atoms with Crippen LogP contribution in [0.2, 0.25) is 0 Å². The van der Waals surface area contributed by atoms with Crippen molar-refractivity contribution < 1.29 is 23.0 Å². The van der Waals surface area contributed by atoms with Crippen LogP contribution in [0.5, 0.6) is 11.5 Å². The second-order valence-corrected chi connectivity index (χ2v) is 8.50. The summed E-state index contributed by atoms with van der Waals surface area (Å²) < 4.78 is 33.8. The largest absolute Gasteiger partial charge is 0.493 e. The highest BCUT2D eigenvalue weighted by Gasteiger charge is 2.16. The van der Waals surface area contributed by atoms with Gasteiger partial charge in [-0.3, -0.25) is 0 Å². The summed E-state index contributed by atoms with van der Waals surface area (Å²) in [5, 5.41) is 9.39. The minimum atomic E-state index is -2.96. The van der Waals surface area contributed by atoms with E-state index in [-0.39, 0.29) is 12.4 Å². The fourth-order valence-corrected chi connectivity index (χ4v) is 3.55. The number of sulfone groups is 1. The summed E-state index contributed by atoms with van der Waals surface area (Å²) in [6.45, 7) is 0.929. The van der Waals surface area contributed by atoms with Crippen molar-refractivity contribution in [3.8, 4) is 22.6 Å². The lowest BCUT2D eigenvalue weighted by molar-refractivity contribution is 0.282. The molecule has 1 heterocycles. The van der Waals surface area contributed by atoms with E-state index >= 15 is 0 Å². The number of aliphatic hydroxyl groups excluding tert-OH is 1. The predicted molar refractivity (Wildman–Crippen MR) is 96.8 cm³/mol. The van der Waals surface area contributed by atoms with E-state index in [1.807, 2.05) is 36.4 Å². The Morgan fingerprint density at radius 3 is 2.76 bits per heavy atom. The zero-order valence-electron chi connectivity index (χ0n) is 14.2. The van der Waals surface area contributed by atoms with Gasteiger partial charge < -0.3 is 14.6 Å². The van der Waals surface area contributed by atoms with Gasteiger partial charge >= 0.3 is 0 Å². The standard InChI is InChI=1S/C19H22O5S/c1-25(21,22)10-2-8-23-16-5-6-17-18-11-14(13-20)3-4-15(18)7-9-24-19(17)12-16/h3-6,11-12,20H,2,7-10,13H2,1H3. The fraction of sp³-hybridized carbons (Fsp3) is 0.368. The Bertz CT molecular complexity index is 858. The zero-order chi connectivity index (χ0) is 17.9. The number of ether oxygens (including phenoxy) is 2. The van der Waals surface area contributed by atoms with Crippen molar-refractivity contribution >= 4 is 9.84 Å². The molecule has 0 aromatic heterocycles. The number of aliphatic hydroxyl groups is 1. The van der Waals surface area contributed by atoms with Crippen molar-refractivity contribution in [1.82, 2.24) is 0 Å². The summed E-state index contributed by atoms with van der Waals surface area (Å²) in [4.78, 5) is 0. The molecule has 0 atom stereocenters. The molecule has 25 heavy (non-hydrogen) atoms. The highest BCUT2D eigenvalue weighted by molar-refractivity contribution is 7.90. The van der Waals surface area contributed by atoms with Crippen LogP contribution in [0.1, 0.15) is 17.5 Å². The highest BCUT2D eigenvalue weighted by atomic mass is 32.2. The van der Waals surface area contributed by atoms with Crippen LogP contribution in [-0.4, -0.2) is 38.7 Å². The molecule has 5 nitrogen and oxygen atoms in total. The summed E-state index contributed by atoms with van der Waals surface area (Å²) in [5.74, 6) is 1.52. The van der Waals surface area contributed by atoms with E-state index in [2.05, 4.69) is 0 Å². The van der Waals surface area contributed by atoms with Gasteiger partial charge in [0, 0.05) is 24.3 Å². The molecule has 0 saturated heterocycles. The molecule has 0 fully saturated rings. The molecule has 0 saturated carbocycles. The van der Waals surface area contributed by atoms with Crippen LogP contribution < -0.4 is 9.47 Å². The fourth-order valence-electron chi connectivity index (χ4n) is 2.91. The number of hydrogen-bond acceptors (Lipinski definition) is 5. The normalized spacial score (nSPS) is 13.4.